The number of aromatic nitrogens is 4. The first kappa shape index (κ1) is 18.5. The van der Waals surface area contributed by atoms with Gasteiger partial charge in [-0.25, -0.2) is 9.50 Å². The number of aromatic amines is 1. The van der Waals surface area contributed by atoms with Crippen LogP contribution in [0.4, 0.5) is 0 Å². The number of nitrogens with zero attached hydrogens (tertiary/aromatic N) is 4. The number of benzene rings is 1. The van der Waals surface area contributed by atoms with E-state index in [4.69, 9.17) is 5.10 Å². The predicted octanol–water partition coefficient (Wildman–Crippen LogP) is 2.12. The second kappa shape index (κ2) is 7.72. The molecule has 5 rings (SSSR count). The van der Waals surface area contributed by atoms with E-state index in [1.54, 1.807) is 6.20 Å². The van der Waals surface area contributed by atoms with Crippen molar-refractivity contribution in [2.24, 2.45) is 5.92 Å². The third-order valence-electron chi connectivity index (χ3n) is 6.44. The number of imidazole rings is 1. The monoisotopic (exact) mass is 392 g/mol. The molecule has 2 aromatic heterocycles. The highest BCUT2D eigenvalue weighted by molar-refractivity contribution is 5.42. The number of likely N-dealkylation sites (tertiary alicyclic amines) is 1. The van der Waals surface area contributed by atoms with Crippen molar-refractivity contribution in [2.45, 2.75) is 38.1 Å². The SMILES string of the molecule is CC1CN(Cc2ccccc2)CC1c1nn2c(C3CCNCC3)ncc2c(=O)[nH]1. The largest absolute Gasteiger partial charge is 0.317 e. The Bertz CT molecular complexity index is 1040. The standard InChI is InChI=1S/C22H28N6O/c1-15-12-27(13-16-5-3-2-4-6-16)14-18(15)20-25-22(29)19-11-24-21(28(19)26-20)17-7-9-23-10-8-17/h2-6,11,15,17-18,23H,7-10,12-14H2,1H3,(H,25,26,29). The molecule has 0 radical (unpaired) electrons. The molecule has 1 aromatic carbocycles. The third-order valence-corrected chi connectivity index (χ3v) is 6.44. The number of hydrogen-bond acceptors (Lipinski definition) is 5. The summed E-state index contributed by atoms with van der Waals surface area (Å²) in [5, 5.41) is 8.29. The van der Waals surface area contributed by atoms with Gasteiger partial charge in [0.05, 0.1) is 6.20 Å². The number of hydrogen-bond donors (Lipinski definition) is 2. The highest BCUT2D eigenvalue weighted by atomic mass is 16.1. The van der Waals surface area contributed by atoms with Crippen LogP contribution in [0.3, 0.4) is 0 Å². The zero-order chi connectivity index (χ0) is 19.8. The van der Waals surface area contributed by atoms with E-state index in [0.29, 0.717) is 17.4 Å². The summed E-state index contributed by atoms with van der Waals surface area (Å²) in [7, 11) is 0. The zero-order valence-electron chi connectivity index (χ0n) is 16.8. The van der Waals surface area contributed by atoms with Crippen LogP contribution in [0.25, 0.3) is 5.52 Å². The Morgan fingerprint density at radius 1 is 1.14 bits per heavy atom. The first-order chi connectivity index (χ1) is 14.2. The Kier molecular flexibility index (Phi) is 4.93. The fourth-order valence-electron chi connectivity index (χ4n) is 4.85. The van der Waals surface area contributed by atoms with Crippen LogP contribution in [-0.2, 0) is 6.54 Å². The van der Waals surface area contributed by atoms with Crippen LogP contribution in [0, 0.1) is 5.92 Å². The molecular weight excluding hydrogens is 364 g/mol. The normalized spacial score (nSPS) is 23.8. The minimum atomic E-state index is -0.0867. The molecular formula is C22H28N6O. The molecule has 2 unspecified atom stereocenters. The van der Waals surface area contributed by atoms with E-state index in [0.717, 1.165) is 57.2 Å². The fourth-order valence-corrected chi connectivity index (χ4v) is 4.85. The molecule has 2 saturated heterocycles. The topological polar surface area (TPSA) is 78.3 Å². The molecule has 7 nitrogen and oxygen atoms in total. The van der Waals surface area contributed by atoms with Gasteiger partial charge in [0.2, 0.25) is 0 Å². The van der Waals surface area contributed by atoms with Gasteiger partial charge in [-0.2, -0.15) is 5.10 Å². The fraction of sp³-hybridized carbons (Fsp3) is 0.500. The van der Waals surface area contributed by atoms with Crippen molar-refractivity contribution < 1.29 is 0 Å². The van der Waals surface area contributed by atoms with Crippen LogP contribution in [0.1, 0.15) is 48.8 Å². The molecule has 3 aromatic rings. The number of fused-ring (bicyclic) bond motifs is 1. The number of piperidine rings is 1. The van der Waals surface area contributed by atoms with Crippen molar-refractivity contribution in [3.05, 3.63) is 64.1 Å². The number of rotatable bonds is 4. The molecule has 2 atom stereocenters. The van der Waals surface area contributed by atoms with Gasteiger partial charge < -0.3 is 10.3 Å². The van der Waals surface area contributed by atoms with Gasteiger partial charge in [-0.3, -0.25) is 9.69 Å². The van der Waals surface area contributed by atoms with Gasteiger partial charge in [0.15, 0.2) is 5.52 Å². The Morgan fingerprint density at radius 2 is 1.93 bits per heavy atom. The van der Waals surface area contributed by atoms with Crippen molar-refractivity contribution in [3.63, 3.8) is 0 Å². The van der Waals surface area contributed by atoms with Crippen molar-refractivity contribution in [2.75, 3.05) is 26.2 Å². The molecule has 2 fully saturated rings. The predicted molar refractivity (Wildman–Crippen MR) is 112 cm³/mol. The van der Waals surface area contributed by atoms with Gasteiger partial charge in [0, 0.05) is 31.5 Å². The smallest absolute Gasteiger partial charge is 0.276 e. The van der Waals surface area contributed by atoms with E-state index < -0.39 is 0 Å². The van der Waals surface area contributed by atoms with E-state index in [-0.39, 0.29) is 11.5 Å². The summed E-state index contributed by atoms with van der Waals surface area (Å²) in [4.78, 5) is 22.8. The molecule has 4 heterocycles. The highest BCUT2D eigenvalue weighted by Gasteiger charge is 2.33. The maximum atomic E-state index is 12.7. The molecule has 0 spiro atoms. The molecule has 0 saturated carbocycles. The Hall–Kier alpha value is -2.51. The minimum absolute atomic E-state index is 0.0867. The Balaban J connectivity index is 1.43. The van der Waals surface area contributed by atoms with Crippen LogP contribution in [0.15, 0.2) is 41.3 Å². The lowest BCUT2D eigenvalue weighted by Gasteiger charge is -2.21. The first-order valence-corrected chi connectivity index (χ1v) is 10.6. The van der Waals surface area contributed by atoms with E-state index in [1.165, 1.54) is 5.56 Å². The lowest BCUT2D eigenvalue weighted by molar-refractivity contribution is 0.318. The van der Waals surface area contributed by atoms with Gasteiger partial charge in [0.1, 0.15) is 11.6 Å². The summed E-state index contributed by atoms with van der Waals surface area (Å²) in [6.07, 6.45) is 3.74. The van der Waals surface area contributed by atoms with Crippen molar-refractivity contribution in [1.82, 2.24) is 29.8 Å². The zero-order valence-corrected chi connectivity index (χ0v) is 16.8. The number of H-pyrrole nitrogens is 1. The molecule has 7 heteroatoms. The molecule has 0 bridgehead atoms. The Labute approximate surface area is 170 Å². The average Bonchev–Trinajstić information content (AvgIpc) is 3.33. The molecule has 152 valence electrons. The average molecular weight is 393 g/mol. The summed E-state index contributed by atoms with van der Waals surface area (Å²) >= 11 is 0. The van der Waals surface area contributed by atoms with E-state index in [1.807, 2.05) is 10.6 Å². The van der Waals surface area contributed by atoms with E-state index in [2.05, 4.69) is 51.4 Å². The van der Waals surface area contributed by atoms with Crippen molar-refractivity contribution >= 4 is 5.52 Å². The van der Waals surface area contributed by atoms with Crippen LogP contribution in [0.5, 0.6) is 0 Å². The van der Waals surface area contributed by atoms with Gasteiger partial charge >= 0.3 is 0 Å². The van der Waals surface area contributed by atoms with E-state index in [9.17, 15) is 4.79 Å². The maximum absolute atomic E-state index is 12.7. The van der Waals surface area contributed by atoms with Crippen molar-refractivity contribution in [1.29, 1.82) is 0 Å². The van der Waals surface area contributed by atoms with Crippen LogP contribution < -0.4 is 10.9 Å². The van der Waals surface area contributed by atoms with Gasteiger partial charge in [0.25, 0.3) is 5.56 Å². The summed E-state index contributed by atoms with van der Waals surface area (Å²) < 4.78 is 1.82. The summed E-state index contributed by atoms with van der Waals surface area (Å²) in [5.74, 6) is 2.74. The molecule has 2 aliphatic rings. The van der Waals surface area contributed by atoms with Crippen molar-refractivity contribution in [3.8, 4) is 0 Å². The summed E-state index contributed by atoms with van der Waals surface area (Å²) in [6.45, 7) is 7.07. The maximum Gasteiger partial charge on any atom is 0.276 e. The lowest BCUT2D eigenvalue weighted by atomic mass is 9.97. The quantitative estimate of drug-likeness (QED) is 0.711. The molecule has 29 heavy (non-hydrogen) atoms. The first-order valence-electron chi connectivity index (χ1n) is 10.6. The Morgan fingerprint density at radius 3 is 2.72 bits per heavy atom. The van der Waals surface area contributed by atoms with Gasteiger partial charge in [-0.15, -0.1) is 0 Å². The summed E-state index contributed by atoms with van der Waals surface area (Å²) in [6, 6.07) is 10.6. The second-order valence-corrected chi connectivity index (χ2v) is 8.54. The molecule has 2 aliphatic heterocycles. The van der Waals surface area contributed by atoms with Gasteiger partial charge in [-0.1, -0.05) is 37.3 Å². The van der Waals surface area contributed by atoms with Crippen LogP contribution >= 0.6 is 0 Å². The van der Waals surface area contributed by atoms with E-state index >= 15 is 0 Å². The molecule has 0 aliphatic carbocycles. The highest BCUT2D eigenvalue weighted by Crippen LogP contribution is 2.31. The lowest BCUT2D eigenvalue weighted by Crippen LogP contribution is -2.28. The number of nitrogens with one attached hydrogen (secondary N) is 2. The second-order valence-electron chi connectivity index (χ2n) is 8.54. The van der Waals surface area contributed by atoms with Crippen LogP contribution in [-0.4, -0.2) is 50.7 Å². The summed E-state index contributed by atoms with van der Waals surface area (Å²) in [5.41, 5.74) is 1.78. The van der Waals surface area contributed by atoms with Gasteiger partial charge in [-0.05, 0) is 37.4 Å². The minimum Gasteiger partial charge on any atom is -0.317 e. The molecule has 0 amide bonds. The third kappa shape index (κ3) is 3.60. The molecule has 2 N–H and O–H groups in total. The van der Waals surface area contributed by atoms with Crippen LogP contribution in [0.2, 0.25) is 0 Å².